The maximum absolute atomic E-state index is 9.93. The van der Waals surface area contributed by atoms with Crippen LogP contribution < -0.4 is 5.43 Å². The molecule has 1 aromatic heterocycles. The molecule has 0 atom stereocenters. The van der Waals surface area contributed by atoms with Gasteiger partial charge in [0.25, 0.3) is 0 Å². The summed E-state index contributed by atoms with van der Waals surface area (Å²) in [7, 11) is 0. The van der Waals surface area contributed by atoms with E-state index in [-0.39, 0.29) is 5.75 Å². The first-order chi connectivity index (χ1) is 11.6. The van der Waals surface area contributed by atoms with Crippen LogP contribution in [0, 0.1) is 0 Å². The Balaban J connectivity index is 1.71. The molecule has 0 radical (unpaired) electrons. The fraction of sp³-hybridized carbons (Fsp3) is 0.158. The van der Waals surface area contributed by atoms with Crippen LogP contribution in [0.5, 0.6) is 5.75 Å². The summed E-state index contributed by atoms with van der Waals surface area (Å²) in [6.45, 7) is 4.23. The lowest BCUT2D eigenvalue weighted by molar-refractivity contribution is 0.474. The quantitative estimate of drug-likeness (QED) is 0.504. The lowest BCUT2D eigenvalue weighted by Gasteiger charge is -2.07. The van der Waals surface area contributed by atoms with Crippen molar-refractivity contribution in [1.82, 2.24) is 4.98 Å². The number of nitrogens with zero attached hydrogens (tertiary/aromatic N) is 2. The van der Waals surface area contributed by atoms with Crippen molar-refractivity contribution < 1.29 is 5.11 Å². The van der Waals surface area contributed by atoms with Gasteiger partial charge in [0, 0.05) is 16.5 Å². The van der Waals surface area contributed by atoms with Crippen LogP contribution in [0.4, 0.5) is 5.13 Å². The van der Waals surface area contributed by atoms with Crippen LogP contribution in [-0.2, 0) is 0 Å². The second-order valence-corrected chi connectivity index (χ2v) is 6.60. The molecule has 4 nitrogen and oxygen atoms in total. The number of hydrazone groups is 1. The van der Waals surface area contributed by atoms with Gasteiger partial charge in [-0.05, 0) is 23.6 Å². The van der Waals surface area contributed by atoms with E-state index in [1.165, 1.54) is 11.3 Å². The van der Waals surface area contributed by atoms with Gasteiger partial charge in [-0.1, -0.05) is 50.2 Å². The van der Waals surface area contributed by atoms with E-state index in [2.05, 4.69) is 29.4 Å². The first kappa shape index (κ1) is 16.2. The highest BCUT2D eigenvalue weighted by atomic mass is 32.1. The van der Waals surface area contributed by atoms with Gasteiger partial charge in [-0.15, -0.1) is 11.3 Å². The Morgan fingerprint density at radius 1 is 1.17 bits per heavy atom. The Morgan fingerprint density at radius 2 is 1.96 bits per heavy atom. The maximum Gasteiger partial charge on any atom is 0.203 e. The normalized spacial score (nSPS) is 11.3. The number of aromatic nitrogens is 1. The van der Waals surface area contributed by atoms with Crippen molar-refractivity contribution in [1.29, 1.82) is 0 Å². The fourth-order valence-corrected chi connectivity index (χ4v) is 2.93. The number of rotatable bonds is 5. The largest absolute Gasteiger partial charge is 0.507 e. The highest BCUT2D eigenvalue weighted by Crippen LogP contribution is 2.25. The summed E-state index contributed by atoms with van der Waals surface area (Å²) in [5.41, 5.74) is 6.77. The molecule has 0 fully saturated rings. The van der Waals surface area contributed by atoms with Crippen LogP contribution in [0.2, 0.25) is 0 Å². The molecule has 24 heavy (non-hydrogen) atoms. The van der Waals surface area contributed by atoms with Crippen LogP contribution >= 0.6 is 11.3 Å². The number of phenolic OH excluding ortho intramolecular Hbond substituents is 1. The topological polar surface area (TPSA) is 57.5 Å². The number of anilines is 1. The van der Waals surface area contributed by atoms with Crippen molar-refractivity contribution in [2.45, 2.75) is 19.8 Å². The summed E-state index contributed by atoms with van der Waals surface area (Å²) in [4.78, 5) is 4.51. The minimum absolute atomic E-state index is 0.217. The molecule has 3 aromatic rings. The third-order valence-electron chi connectivity index (χ3n) is 3.66. The molecule has 122 valence electrons. The zero-order valence-corrected chi connectivity index (χ0v) is 14.4. The second kappa shape index (κ2) is 7.27. The van der Waals surface area contributed by atoms with Gasteiger partial charge < -0.3 is 5.11 Å². The Hall–Kier alpha value is -2.66. The maximum atomic E-state index is 9.93. The molecule has 0 aliphatic rings. The molecule has 3 rings (SSSR count). The Kier molecular flexibility index (Phi) is 4.91. The summed E-state index contributed by atoms with van der Waals surface area (Å²) in [6.07, 6.45) is 1.62. The lowest BCUT2D eigenvalue weighted by atomic mass is 10.0. The first-order valence-corrected chi connectivity index (χ1v) is 8.64. The van der Waals surface area contributed by atoms with E-state index in [4.69, 9.17) is 0 Å². The molecule has 0 spiro atoms. The summed E-state index contributed by atoms with van der Waals surface area (Å²) in [6, 6.07) is 15.6. The molecular formula is C19H19N3OS. The smallest absolute Gasteiger partial charge is 0.203 e. The van der Waals surface area contributed by atoms with E-state index in [0.29, 0.717) is 16.6 Å². The predicted octanol–water partition coefficient (Wildman–Crippen LogP) is 5.09. The number of aromatic hydroxyl groups is 1. The van der Waals surface area contributed by atoms with Gasteiger partial charge in [0.1, 0.15) is 5.75 Å². The average Bonchev–Trinajstić information content (AvgIpc) is 3.06. The van der Waals surface area contributed by atoms with Gasteiger partial charge in [-0.3, -0.25) is 5.43 Å². The zero-order valence-electron chi connectivity index (χ0n) is 13.6. The second-order valence-electron chi connectivity index (χ2n) is 5.75. The molecule has 0 bridgehead atoms. The van der Waals surface area contributed by atoms with E-state index in [0.717, 1.165) is 16.8 Å². The van der Waals surface area contributed by atoms with E-state index >= 15 is 0 Å². The predicted molar refractivity (Wildman–Crippen MR) is 101 cm³/mol. The van der Waals surface area contributed by atoms with Crippen molar-refractivity contribution >= 4 is 22.7 Å². The van der Waals surface area contributed by atoms with Gasteiger partial charge in [-0.25, -0.2) is 4.98 Å². The van der Waals surface area contributed by atoms with Crippen molar-refractivity contribution in [2.24, 2.45) is 5.10 Å². The molecule has 0 saturated carbocycles. The average molecular weight is 337 g/mol. The van der Waals surface area contributed by atoms with Crippen LogP contribution in [-0.4, -0.2) is 16.3 Å². The van der Waals surface area contributed by atoms with Gasteiger partial charge in [0.05, 0.1) is 11.9 Å². The van der Waals surface area contributed by atoms with E-state index < -0.39 is 0 Å². The van der Waals surface area contributed by atoms with Gasteiger partial charge in [-0.2, -0.15) is 5.10 Å². The van der Waals surface area contributed by atoms with Crippen molar-refractivity contribution in [2.75, 3.05) is 5.43 Å². The van der Waals surface area contributed by atoms with Crippen LogP contribution in [0.3, 0.4) is 0 Å². The molecule has 0 aliphatic heterocycles. The Bertz CT molecular complexity index is 841. The SMILES string of the molecule is CC(C)c1ccc(O)c(C=NNc2nc(-c3ccccc3)cs2)c1. The van der Waals surface area contributed by atoms with E-state index in [1.54, 1.807) is 12.3 Å². The van der Waals surface area contributed by atoms with Crippen molar-refractivity contribution in [3.63, 3.8) is 0 Å². The van der Waals surface area contributed by atoms with Crippen LogP contribution in [0.1, 0.15) is 30.9 Å². The molecule has 0 saturated heterocycles. The molecule has 2 N–H and O–H groups in total. The first-order valence-electron chi connectivity index (χ1n) is 7.76. The highest BCUT2D eigenvalue weighted by Gasteiger charge is 2.05. The zero-order chi connectivity index (χ0) is 16.9. The number of nitrogens with one attached hydrogen (secondary N) is 1. The molecule has 0 amide bonds. The Morgan fingerprint density at radius 3 is 2.71 bits per heavy atom. The molecule has 0 unspecified atom stereocenters. The summed E-state index contributed by atoms with van der Waals surface area (Å²) < 4.78 is 0. The van der Waals surface area contributed by atoms with E-state index in [9.17, 15) is 5.11 Å². The molecular weight excluding hydrogens is 318 g/mol. The molecule has 5 heteroatoms. The minimum Gasteiger partial charge on any atom is -0.507 e. The monoisotopic (exact) mass is 337 g/mol. The standard InChI is InChI=1S/C19H19N3OS/c1-13(2)15-8-9-18(23)16(10-15)11-20-22-19-21-17(12-24-19)14-6-4-3-5-7-14/h3-13,23H,1-2H3,(H,21,22). The number of hydrogen-bond donors (Lipinski definition) is 2. The number of thiazole rings is 1. The van der Waals surface area contributed by atoms with E-state index in [1.807, 2.05) is 47.8 Å². The van der Waals surface area contributed by atoms with Crippen LogP contribution in [0.25, 0.3) is 11.3 Å². The number of benzene rings is 2. The third kappa shape index (κ3) is 3.81. The minimum atomic E-state index is 0.217. The van der Waals surface area contributed by atoms with Gasteiger partial charge in [0.15, 0.2) is 0 Å². The van der Waals surface area contributed by atoms with Crippen molar-refractivity contribution in [3.05, 3.63) is 65.0 Å². The molecule has 0 aliphatic carbocycles. The fourth-order valence-electron chi connectivity index (χ4n) is 2.26. The Labute approximate surface area is 145 Å². The summed E-state index contributed by atoms with van der Waals surface area (Å²) in [5.74, 6) is 0.618. The van der Waals surface area contributed by atoms with Crippen LogP contribution in [0.15, 0.2) is 59.0 Å². The molecule has 2 aromatic carbocycles. The number of phenols is 1. The summed E-state index contributed by atoms with van der Waals surface area (Å²) in [5, 5.41) is 16.8. The summed E-state index contributed by atoms with van der Waals surface area (Å²) >= 11 is 1.49. The van der Waals surface area contributed by atoms with Gasteiger partial charge in [0.2, 0.25) is 5.13 Å². The molecule has 1 heterocycles. The third-order valence-corrected chi connectivity index (χ3v) is 4.40. The number of hydrogen-bond acceptors (Lipinski definition) is 5. The van der Waals surface area contributed by atoms with Crippen molar-refractivity contribution in [3.8, 4) is 17.0 Å². The highest BCUT2D eigenvalue weighted by molar-refractivity contribution is 7.14. The lowest BCUT2D eigenvalue weighted by Crippen LogP contribution is -1.93. The van der Waals surface area contributed by atoms with Gasteiger partial charge >= 0.3 is 0 Å².